The summed E-state index contributed by atoms with van der Waals surface area (Å²) < 4.78 is 14.0. The summed E-state index contributed by atoms with van der Waals surface area (Å²) >= 11 is 0. The Labute approximate surface area is 122 Å². The van der Waals surface area contributed by atoms with Gasteiger partial charge < -0.3 is 10.2 Å². The van der Waals surface area contributed by atoms with E-state index in [0.29, 0.717) is 5.92 Å². The lowest BCUT2D eigenvalue weighted by Crippen LogP contribution is -2.37. The van der Waals surface area contributed by atoms with Crippen LogP contribution in [0.3, 0.4) is 0 Å². The lowest BCUT2D eigenvalue weighted by Gasteiger charge is -2.31. The van der Waals surface area contributed by atoms with Crippen LogP contribution < -0.4 is 5.32 Å². The Bertz CT molecular complexity index is 415. The van der Waals surface area contributed by atoms with E-state index in [1.807, 2.05) is 19.2 Å². The van der Waals surface area contributed by atoms with Crippen molar-refractivity contribution < 1.29 is 4.39 Å². The van der Waals surface area contributed by atoms with Gasteiger partial charge in [-0.05, 0) is 38.9 Å². The largest absolute Gasteiger partial charge is 0.313 e. The Morgan fingerprint density at radius 2 is 1.95 bits per heavy atom. The van der Waals surface area contributed by atoms with Crippen LogP contribution in [0.15, 0.2) is 24.3 Å². The predicted octanol–water partition coefficient (Wildman–Crippen LogP) is 3.60. The normalized spacial score (nSPS) is 19.4. The van der Waals surface area contributed by atoms with Gasteiger partial charge in [-0.25, -0.2) is 4.39 Å². The van der Waals surface area contributed by atoms with Crippen LogP contribution in [0, 0.1) is 11.7 Å². The number of rotatable bonds is 6. The second-order valence-corrected chi connectivity index (χ2v) is 6.14. The molecular weight excluding hydrogens is 251 g/mol. The van der Waals surface area contributed by atoms with Crippen molar-refractivity contribution in [3.63, 3.8) is 0 Å². The molecule has 112 valence electrons. The molecule has 2 rings (SSSR count). The van der Waals surface area contributed by atoms with Crippen molar-refractivity contribution in [1.82, 2.24) is 10.2 Å². The fourth-order valence-corrected chi connectivity index (χ4v) is 3.53. The van der Waals surface area contributed by atoms with Crippen LogP contribution >= 0.6 is 0 Å². The molecule has 0 spiro atoms. The van der Waals surface area contributed by atoms with E-state index in [9.17, 15) is 4.39 Å². The summed E-state index contributed by atoms with van der Waals surface area (Å²) in [5, 5.41) is 3.29. The Morgan fingerprint density at radius 3 is 2.55 bits per heavy atom. The summed E-state index contributed by atoms with van der Waals surface area (Å²) in [4.78, 5) is 2.46. The van der Waals surface area contributed by atoms with E-state index in [0.717, 1.165) is 18.2 Å². The van der Waals surface area contributed by atoms with Gasteiger partial charge in [0.1, 0.15) is 5.82 Å². The highest BCUT2D eigenvalue weighted by Crippen LogP contribution is 2.27. The molecule has 1 aliphatic carbocycles. The Balaban J connectivity index is 2.01. The fourth-order valence-electron chi connectivity index (χ4n) is 3.53. The molecule has 1 aromatic rings. The van der Waals surface area contributed by atoms with E-state index in [-0.39, 0.29) is 11.9 Å². The molecular formula is C17H27FN2. The van der Waals surface area contributed by atoms with Crippen molar-refractivity contribution in [3.05, 3.63) is 35.6 Å². The molecule has 3 heteroatoms. The zero-order valence-electron chi connectivity index (χ0n) is 12.9. The maximum Gasteiger partial charge on any atom is 0.127 e. The van der Waals surface area contributed by atoms with Gasteiger partial charge in [0, 0.05) is 24.2 Å². The van der Waals surface area contributed by atoms with Crippen molar-refractivity contribution in [2.24, 2.45) is 5.92 Å². The highest BCUT2D eigenvalue weighted by Gasteiger charge is 2.25. The SMILES string of the molecule is CNC(c1ccccc1F)C(C)CN(C)C1CCCC1. The average Bonchev–Trinajstić information content (AvgIpc) is 2.96. The van der Waals surface area contributed by atoms with E-state index in [1.54, 1.807) is 12.1 Å². The average molecular weight is 278 g/mol. The molecule has 0 aromatic heterocycles. The van der Waals surface area contributed by atoms with Crippen LogP contribution in [0.5, 0.6) is 0 Å². The van der Waals surface area contributed by atoms with Gasteiger partial charge >= 0.3 is 0 Å². The molecule has 20 heavy (non-hydrogen) atoms. The zero-order valence-corrected chi connectivity index (χ0v) is 12.9. The summed E-state index contributed by atoms with van der Waals surface area (Å²) in [6.07, 6.45) is 5.33. The Kier molecular flexibility index (Phi) is 5.55. The molecule has 1 fully saturated rings. The van der Waals surface area contributed by atoms with E-state index in [1.165, 1.54) is 25.7 Å². The maximum absolute atomic E-state index is 14.0. The van der Waals surface area contributed by atoms with Crippen LogP contribution in [0.4, 0.5) is 4.39 Å². The monoisotopic (exact) mass is 278 g/mol. The van der Waals surface area contributed by atoms with Gasteiger partial charge in [0.25, 0.3) is 0 Å². The molecule has 0 amide bonds. The molecule has 0 bridgehead atoms. The van der Waals surface area contributed by atoms with Gasteiger partial charge in [-0.15, -0.1) is 0 Å². The third kappa shape index (κ3) is 3.58. The molecule has 2 atom stereocenters. The topological polar surface area (TPSA) is 15.3 Å². The molecule has 1 aromatic carbocycles. The van der Waals surface area contributed by atoms with Crippen LogP contribution in [0.1, 0.15) is 44.2 Å². The predicted molar refractivity (Wildman–Crippen MR) is 82.3 cm³/mol. The van der Waals surface area contributed by atoms with Gasteiger partial charge in [0.15, 0.2) is 0 Å². The third-order valence-electron chi connectivity index (χ3n) is 4.64. The minimum atomic E-state index is -0.109. The summed E-state index contributed by atoms with van der Waals surface area (Å²) in [7, 11) is 4.13. The molecule has 1 N–H and O–H groups in total. The summed E-state index contributed by atoms with van der Waals surface area (Å²) in [6.45, 7) is 3.21. The summed E-state index contributed by atoms with van der Waals surface area (Å²) in [6, 6.07) is 7.89. The van der Waals surface area contributed by atoms with Crippen LogP contribution in [-0.4, -0.2) is 31.6 Å². The number of nitrogens with one attached hydrogen (secondary N) is 1. The van der Waals surface area contributed by atoms with Crippen molar-refractivity contribution >= 4 is 0 Å². The molecule has 0 saturated heterocycles. The number of halogens is 1. The Hall–Kier alpha value is -0.930. The van der Waals surface area contributed by atoms with Crippen molar-refractivity contribution in [3.8, 4) is 0 Å². The number of hydrogen-bond acceptors (Lipinski definition) is 2. The summed E-state index contributed by atoms with van der Waals surface area (Å²) in [5.74, 6) is 0.268. The first-order chi connectivity index (χ1) is 9.63. The van der Waals surface area contributed by atoms with E-state index in [4.69, 9.17) is 0 Å². The molecule has 0 aliphatic heterocycles. The molecule has 0 heterocycles. The number of benzene rings is 1. The molecule has 2 unspecified atom stereocenters. The second-order valence-electron chi connectivity index (χ2n) is 6.14. The van der Waals surface area contributed by atoms with Gasteiger partial charge in [-0.3, -0.25) is 0 Å². The fraction of sp³-hybridized carbons (Fsp3) is 0.647. The standard InChI is InChI=1S/C17H27FN2/c1-13(12-20(3)14-8-4-5-9-14)17(19-2)15-10-6-7-11-16(15)18/h6-7,10-11,13-14,17,19H,4-5,8-9,12H2,1-3H3. The van der Waals surface area contributed by atoms with Gasteiger partial charge in [0.05, 0.1) is 0 Å². The van der Waals surface area contributed by atoms with Gasteiger partial charge in [-0.1, -0.05) is 38.0 Å². The van der Waals surface area contributed by atoms with Crippen molar-refractivity contribution in [2.75, 3.05) is 20.6 Å². The highest BCUT2D eigenvalue weighted by molar-refractivity contribution is 5.21. The van der Waals surface area contributed by atoms with Crippen molar-refractivity contribution in [2.45, 2.75) is 44.7 Å². The smallest absolute Gasteiger partial charge is 0.127 e. The first-order valence-corrected chi connectivity index (χ1v) is 7.75. The lowest BCUT2D eigenvalue weighted by molar-refractivity contribution is 0.193. The summed E-state index contributed by atoms with van der Waals surface area (Å²) in [5.41, 5.74) is 0.780. The molecule has 2 nitrogen and oxygen atoms in total. The molecule has 0 radical (unpaired) electrons. The highest BCUT2D eigenvalue weighted by atomic mass is 19.1. The van der Waals surface area contributed by atoms with Gasteiger partial charge in [0.2, 0.25) is 0 Å². The van der Waals surface area contributed by atoms with Gasteiger partial charge in [-0.2, -0.15) is 0 Å². The first-order valence-electron chi connectivity index (χ1n) is 7.75. The Morgan fingerprint density at radius 1 is 1.30 bits per heavy atom. The zero-order chi connectivity index (χ0) is 14.5. The molecule has 1 aliphatic rings. The third-order valence-corrected chi connectivity index (χ3v) is 4.64. The van der Waals surface area contributed by atoms with E-state index in [2.05, 4.69) is 24.2 Å². The van der Waals surface area contributed by atoms with E-state index >= 15 is 0 Å². The van der Waals surface area contributed by atoms with Crippen LogP contribution in [-0.2, 0) is 0 Å². The first kappa shape index (κ1) is 15.5. The second kappa shape index (κ2) is 7.19. The maximum atomic E-state index is 14.0. The quantitative estimate of drug-likeness (QED) is 0.855. The van der Waals surface area contributed by atoms with Crippen LogP contribution in [0.2, 0.25) is 0 Å². The lowest BCUT2D eigenvalue weighted by atomic mass is 9.93. The molecule has 1 saturated carbocycles. The van der Waals surface area contributed by atoms with E-state index < -0.39 is 0 Å². The van der Waals surface area contributed by atoms with Crippen LogP contribution in [0.25, 0.3) is 0 Å². The number of nitrogens with zero attached hydrogens (tertiary/aromatic N) is 1. The van der Waals surface area contributed by atoms with Crippen molar-refractivity contribution in [1.29, 1.82) is 0 Å². The number of hydrogen-bond donors (Lipinski definition) is 1. The minimum absolute atomic E-state index is 0.0695. The minimum Gasteiger partial charge on any atom is -0.313 e.